The van der Waals surface area contributed by atoms with Gasteiger partial charge in [-0.15, -0.1) is 0 Å². The lowest BCUT2D eigenvalue weighted by Gasteiger charge is -2.16. The number of carbonyl (C=O) groups excluding carboxylic acids is 1. The number of amides is 1. The van der Waals surface area contributed by atoms with Crippen molar-refractivity contribution in [1.82, 2.24) is 10.3 Å². The molecule has 0 bridgehead atoms. The van der Waals surface area contributed by atoms with Crippen molar-refractivity contribution in [3.05, 3.63) is 58.8 Å². The van der Waals surface area contributed by atoms with E-state index < -0.39 is 0 Å². The fourth-order valence-electron chi connectivity index (χ4n) is 2.13. The van der Waals surface area contributed by atoms with Gasteiger partial charge in [-0.25, -0.2) is 4.98 Å². The Balaban J connectivity index is 2.09. The van der Waals surface area contributed by atoms with Gasteiger partial charge in [-0.2, -0.15) is 0 Å². The van der Waals surface area contributed by atoms with Gasteiger partial charge in [0.2, 0.25) is 0 Å². The second-order valence-electron chi connectivity index (χ2n) is 5.36. The van der Waals surface area contributed by atoms with Gasteiger partial charge in [0.15, 0.2) is 0 Å². The van der Waals surface area contributed by atoms with Gasteiger partial charge < -0.3 is 10.2 Å². The molecule has 2 aromatic rings. The van der Waals surface area contributed by atoms with Crippen molar-refractivity contribution < 1.29 is 4.79 Å². The number of aryl methyl sites for hydroxylation is 2. The maximum atomic E-state index is 12.2. The maximum Gasteiger partial charge on any atom is 0.251 e. The first-order valence-corrected chi connectivity index (χ1v) is 6.95. The highest BCUT2D eigenvalue weighted by Crippen LogP contribution is 2.14. The number of hydrogen-bond donors (Lipinski definition) is 1. The summed E-state index contributed by atoms with van der Waals surface area (Å²) in [5.74, 6) is 0.810. The first kappa shape index (κ1) is 15.0. The fraction of sp³-hybridized carbons (Fsp3) is 0.294. The van der Waals surface area contributed by atoms with Gasteiger partial charge in [0.1, 0.15) is 5.82 Å². The highest BCUT2D eigenvalue weighted by molar-refractivity contribution is 5.94. The third-order valence-electron chi connectivity index (χ3n) is 3.50. The predicted octanol–water partition coefficient (Wildman–Crippen LogP) is 2.69. The van der Waals surface area contributed by atoms with E-state index in [1.165, 1.54) is 5.56 Å². The number of rotatable bonds is 4. The molecule has 4 heteroatoms. The zero-order valence-electron chi connectivity index (χ0n) is 13.0. The Kier molecular flexibility index (Phi) is 4.58. The summed E-state index contributed by atoms with van der Waals surface area (Å²) in [7, 11) is 3.88. The lowest BCUT2D eigenvalue weighted by molar-refractivity contribution is 0.0951. The summed E-state index contributed by atoms with van der Waals surface area (Å²) >= 11 is 0. The molecular formula is C17H21N3O. The SMILES string of the molecule is Cc1ccc(C(=O)NCc2cccnc2N(C)C)cc1C. The topological polar surface area (TPSA) is 45.2 Å². The fourth-order valence-corrected chi connectivity index (χ4v) is 2.13. The second kappa shape index (κ2) is 6.39. The Morgan fingerprint density at radius 2 is 1.95 bits per heavy atom. The van der Waals surface area contributed by atoms with E-state index in [4.69, 9.17) is 0 Å². The first-order valence-electron chi connectivity index (χ1n) is 6.95. The van der Waals surface area contributed by atoms with Crippen molar-refractivity contribution in [2.24, 2.45) is 0 Å². The van der Waals surface area contributed by atoms with E-state index in [-0.39, 0.29) is 5.91 Å². The molecule has 110 valence electrons. The summed E-state index contributed by atoms with van der Waals surface area (Å²) in [5.41, 5.74) is 4.00. The second-order valence-corrected chi connectivity index (χ2v) is 5.36. The Bertz CT molecular complexity index is 650. The molecule has 0 radical (unpaired) electrons. The number of carbonyl (C=O) groups is 1. The van der Waals surface area contributed by atoms with Crippen molar-refractivity contribution in [3.8, 4) is 0 Å². The molecule has 1 heterocycles. The van der Waals surface area contributed by atoms with Crippen LogP contribution in [0.15, 0.2) is 36.5 Å². The highest BCUT2D eigenvalue weighted by atomic mass is 16.1. The van der Waals surface area contributed by atoms with Gasteiger partial charge >= 0.3 is 0 Å². The Hall–Kier alpha value is -2.36. The van der Waals surface area contributed by atoms with Crippen LogP contribution in [-0.4, -0.2) is 25.0 Å². The summed E-state index contributed by atoms with van der Waals surface area (Å²) in [6.07, 6.45) is 1.75. The summed E-state index contributed by atoms with van der Waals surface area (Å²) in [6.45, 7) is 4.51. The van der Waals surface area contributed by atoms with Crippen LogP contribution < -0.4 is 10.2 Å². The van der Waals surface area contributed by atoms with E-state index in [9.17, 15) is 4.79 Å². The third-order valence-corrected chi connectivity index (χ3v) is 3.50. The van der Waals surface area contributed by atoms with Crippen LogP contribution in [0.25, 0.3) is 0 Å². The van der Waals surface area contributed by atoms with Gasteiger partial charge in [0.05, 0.1) is 0 Å². The van der Waals surface area contributed by atoms with E-state index in [0.717, 1.165) is 16.9 Å². The van der Waals surface area contributed by atoms with Crippen LogP contribution in [0, 0.1) is 13.8 Å². The quantitative estimate of drug-likeness (QED) is 0.938. The Labute approximate surface area is 125 Å². The summed E-state index contributed by atoms with van der Waals surface area (Å²) < 4.78 is 0. The van der Waals surface area contributed by atoms with Crippen molar-refractivity contribution in [1.29, 1.82) is 0 Å². The lowest BCUT2D eigenvalue weighted by Crippen LogP contribution is -2.24. The van der Waals surface area contributed by atoms with Crippen molar-refractivity contribution in [2.75, 3.05) is 19.0 Å². The lowest BCUT2D eigenvalue weighted by atomic mass is 10.1. The normalized spacial score (nSPS) is 10.3. The minimum absolute atomic E-state index is 0.0633. The Morgan fingerprint density at radius 3 is 2.62 bits per heavy atom. The number of nitrogens with one attached hydrogen (secondary N) is 1. The van der Waals surface area contributed by atoms with E-state index in [0.29, 0.717) is 12.1 Å². The molecule has 0 aliphatic rings. The number of anilines is 1. The summed E-state index contributed by atoms with van der Waals surface area (Å²) in [6, 6.07) is 9.60. The van der Waals surface area contributed by atoms with Gasteiger partial charge in [-0.3, -0.25) is 4.79 Å². The van der Waals surface area contributed by atoms with Crippen molar-refractivity contribution in [3.63, 3.8) is 0 Å². The molecule has 1 aromatic carbocycles. The maximum absolute atomic E-state index is 12.2. The average molecular weight is 283 g/mol. The Morgan fingerprint density at radius 1 is 1.19 bits per heavy atom. The zero-order chi connectivity index (χ0) is 15.4. The van der Waals surface area contributed by atoms with Crippen LogP contribution in [0.3, 0.4) is 0 Å². The molecule has 0 saturated heterocycles. The average Bonchev–Trinajstić information content (AvgIpc) is 2.47. The van der Waals surface area contributed by atoms with E-state index in [1.807, 2.05) is 63.2 Å². The van der Waals surface area contributed by atoms with Crippen LogP contribution in [0.5, 0.6) is 0 Å². The van der Waals surface area contributed by atoms with Crippen LogP contribution in [-0.2, 0) is 6.54 Å². The molecule has 1 amide bonds. The highest BCUT2D eigenvalue weighted by Gasteiger charge is 2.09. The zero-order valence-corrected chi connectivity index (χ0v) is 13.0. The molecular weight excluding hydrogens is 262 g/mol. The predicted molar refractivity (Wildman–Crippen MR) is 85.7 cm³/mol. The van der Waals surface area contributed by atoms with Gasteiger partial charge in [0.25, 0.3) is 5.91 Å². The number of nitrogens with zero attached hydrogens (tertiary/aromatic N) is 2. The van der Waals surface area contributed by atoms with Crippen LogP contribution in [0.2, 0.25) is 0 Å². The van der Waals surface area contributed by atoms with Crippen LogP contribution >= 0.6 is 0 Å². The molecule has 0 unspecified atom stereocenters. The number of benzene rings is 1. The summed E-state index contributed by atoms with van der Waals surface area (Å²) in [5, 5.41) is 2.95. The van der Waals surface area contributed by atoms with Crippen LogP contribution in [0.4, 0.5) is 5.82 Å². The molecule has 0 aliphatic heterocycles. The molecule has 0 aliphatic carbocycles. The molecule has 4 nitrogen and oxygen atoms in total. The first-order chi connectivity index (χ1) is 9.99. The van der Waals surface area contributed by atoms with Gasteiger partial charge in [-0.05, 0) is 43.2 Å². The molecule has 1 aromatic heterocycles. The smallest absolute Gasteiger partial charge is 0.251 e. The molecule has 0 atom stereocenters. The standard InChI is InChI=1S/C17H21N3O/c1-12-7-8-14(10-13(12)2)17(21)19-11-15-6-5-9-18-16(15)20(3)4/h5-10H,11H2,1-4H3,(H,19,21). The minimum Gasteiger partial charge on any atom is -0.362 e. The van der Waals surface area contributed by atoms with Gasteiger partial charge in [-0.1, -0.05) is 12.1 Å². The molecule has 21 heavy (non-hydrogen) atoms. The molecule has 1 N–H and O–H groups in total. The van der Waals surface area contributed by atoms with Gasteiger partial charge in [0, 0.05) is 38.0 Å². The third kappa shape index (κ3) is 3.60. The number of pyridine rings is 1. The van der Waals surface area contributed by atoms with E-state index in [2.05, 4.69) is 10.3 Å². The molecule has 2 rings (SSSR count). The number of hydrogen-bond acceptors (Lipinski definition) is 3. The minimum atomic E-state index is -0.0633. The van der Waals surface area contributed by atoms with E-state index in [1.54, 1.807) is 6.20 Å². The largest absolute Gasteiger partial charge is 0.362 e. The van der Waals surface area contributed by atoms with Crippen LogP contribution in [0.1, 0.15) is 27.0 Å². The molecule has 0 saturated carbocycles. The monoisotopic (exact) mass is 283 g/mol. The molecule has 0 fully saturated rings. The van der Waals surface area contributed by atoms with Crippen molar-refractivity contribution >= 4 is 11.7 Å². The molecule has 0 spiro atoms. The van der Waals surface area contributed by atoms with Crippen molar-refractivity contribution in [2.45, 2.75) is 20.4 Å². The number of aromatic nitrogens is 1. The summed E-state index contributed by atoms with van der Waals surface area (Å²) in [4.78, 5) is 18.5. The van der Waals surface area contributed by atoms with E-state index >= 15 is 0 Å².